The number of benzene rings is 2. The van der Waals surface area contributed by atoms with Gasteiger partial charge in [0.2, 0.25) is 5.91 Å². The molecule has 1 aromatic heterocycles. The van der Waals surface area contributed by atoms with Gasteiger partial charge in [-0.05, 0) is 60.2 Å². The molecule has 1 saturated heterocycles. The van der Waals surface area contributed by atoms with Gasteiger partial charge in [0.15, 0.2) is 0 Å². The average Bonchev–Trinajstić information content (AvgIpc) is 2.80. The smallest absolute Gasteiger partial charge is 0.229 e. The van der Waals surface area contributed by atoms with Gasteiger partial charge in [0.1, 0.15) is 0 Å². The molecule has 2 aromatic carbocycles. The topological polar surface area (TPSA) is 36.4 Å². The molecule has 0 saturated carbocycles. The molecule has 2 heterocycles. The van der Waals surface area contributed by atoms with Crippen molar-refractivity contribution in [2.24, 2.45) is 5.41 Å². The van der Waals surface area contributed by atoms with Gasteiger partial charge in [0.25, 0.3) is 0 Å². The van der Waals surface area contributed by atoms with Crippen LogP contribution in [-0.2, 0) is 17.8 Å². The van der Waals surface area contributed by atoms with Crippen LogP contribution in [0.15, 0.2) is 79.1 Å². The van der Waals surface area contributed by atoms with Gasteiger partial charge in [-0.25, -0.2) is 0 Å². The Labute approximate surface area is 185 Å². The third-order valence-electron chi connectivity index (χ3n) is 6.30. The van der Waals surface area contributed by atoms with Gasteiger partial charge in [-0.3, -0.25) is 14.7 Å². The summed E-state index contributed by atoms with van der Waals surface area (Å²) >= 11 is 0. The van der Waals surface area contributed by atoms with Crippen LogP contribution >= 0.6 is 0 Å². The van der Waals surface area contributed by atoms with Crippen LogP contribution in [0, 0.1) is 5.41 Å². The summed E-state index contributed by atoms with van der Waals surface area (Å²) in [5.41, 5.74) is 4.45. The van der Waals surface area contributed by atoms with Crippen molar-refractivity contribution in [3.63, 3.8) is 0 Å². The molecule has 1 aliphatic heterocycles. The van der Waals surface area contributed by atoms with Crippen molar-refractivity contribution in [1.29, 1.82) is 0 Å². The summed E-state index contributed by atoms with van der Waals surface area (Å²) in [6, 6.07) is 23.1. The Balaban J connectivity index is 1.66. The lowest BCUT2D eigenvalue weighted by Crippen LogP contribution is -2.52. The highest BCUT2D eigenvalue weighted by Gasteiger charge is 2.43. The van der Waals surface area contributed by atoms with E-state index >= 15 is 0 Å². The first-order chi connectivity index (χ1) is 15.1. The van der Waals surface area contributed by atoms with Gasteiger partial charge in [-0.15, -0.1) is 0 Å². The minimum Gasteiger partial charge on any atom is -0.348 e. The van der Waals surface area contributed by atoms with E-state index in [0.717, 1.165) is 44.5 Å². The van der Waals surface area contributed by atoms with Gasteiger partial charge in [-0.2, -0.15) is 0 Å². The predicted octanol–water partition coefficient (Wildman–Crippen LogP) is 4.66. The van der Waals surface area contributed by atoms with Crippen LogP contribution in [0.4, 0.5) is 0 Å². The molecule has 0 bridgehead atoms. The van der Waals surface area contributed by atoms with Crippen LogP contribution < -0.4 is 0 Å². The van der Waals surface area contributed by atoms with Crippen LogP contribution in [0.2, 0.25) is 0 Å². The summed E-state index contributed by atoms with van der Waals surface area (Å²) in [5, 5.41) is 0. The van der Waals surface area contributed by atoms with Gasteiger partial charge < -0.3 is 4.90 Å². The van der Waals surface area contributed by atoms with Crippen molar-refractivity contribution in [2.75, 3.05) is 27.2 Å². The van der Waals surface area contributed by atoms with Crippen molar-refractivity contribution in [2.45, 2.75) is 25.8 Å². The fourth-order valence-corrected chi connectivity index (χ4v) is 4.92. The quantitative estimate of drug-likeness (QED) is 0.590. The summed E-state index contributed by atoms with van der Waals surface area (Å²) in [6.45, 7) is 2.70. The van der Waals surface area contributed by atoms with E-state index in [4.69, 9.17) is 0 Å². The number of pyridine rings is 1. The number of nitrogens with zero attached hydrogens (tertiary/aromatic N) is 3. The Kier molecular flexibility index (Phi) is 6.47. The molecular formula is C27H31N3O. The van der Waals surface area contributed by atoms with Crippen LogP contribution in [-0.4, -0.2) is 47.9 Å². The van der Waals surface area contributed by atoms with Crippen molar-refractivity contribution < 1.29 is 4.79 Å². The molecule has 1 aliphatic rings. The lowest BCUT2D eigenvalue weighted by Gasteiger charge is -2.43. The third kappa shape index (κ3) is 4.86. The lowest BCUT2D eigenvalue weighted by molar-refractivity contribution is -0.143. The maximum atomic E-state index is 13.6. The monoisotopic (exact) mass is 413 g/mol. The Morgan fingerprint density at radius 1 is 1.00 bits per heavy atom. The third-order valence-corrected chi connectivity index (χ3v) is 6.30. The van der Waals surface area contributed by atoms with E-state index in [1.54, 1.807) is 4.90 Å². The molecule has 4 heteroatoms. The van der Waals surface area contributed by atoms with E-state index in [-0.39, 0.29) is 5.91 Å². The van der Waals surface area contributed by atoms with Crippen molar-refractivity contribution in [3.05, 3.63) is 90.3 Å². The molecule has 0 aliphatic carbocycles. The number of likely N-dealkylation sites (tertiary alicyclic amines) is 1. The molecular weight excluding hydrogens is 382 g/mol. The summed E-state index contributed by atoms with van der Waals surface area (Å²) in [7, 11) is 3.77. The molecule has 31 heavy (non-hydrogen) atoms. The second-order valence-electron chi connectivity index (χ2n) is 8.85. The van der Waals surface area contributed by atoms with E-state index in [1.165, 1.54) is 16.7 Å². The lowest BCUT2D eigenvalue weighted by atomic mass is 9.73. The van der Waals surface area contributed by atoms with Crippen molar-refractivity contribution in [1.82, 2.24) is 14.8 Å². The largest absolute Gasteiger partial charge is 0.348 e. The SMILES string of the molecule is CN(C)C(=O)C1(Cc2ccccc2-c2ccncc2)CCCN(Cc2ccccc2)C1. The maximum absolute atomic E-state index is 13.6. The van der Waals surface area contributed by atoms with Crippen LogP contribution in [0.1, 0.15) is 24.0 Å². The highest BCUT2D eigenvalue weighted by Crippen LogP contribution is 2.38. The van der Waals surface area contributed by atoms with Gasteiger partial charge >= 0.3 is 0 Å². The predicted molar refractivity (Wildman–Crippen MR) is 125 cm³/mol. The zero-order valence-corrected chi connectivity index (χ0v) is 18.5. The Hall–Kier alpha value is -2.98. The number of aromatic nitrogens is 1. The Morgan fingerprint density at radius 3 is 2.45 bits per heavy atom. The van der Waals surface area contributed by atoms with E-state index < -0.39 is 5.41 Å². The van der Waals surface area contributed by atoms with Crippen molar-refractivity contribution >= 4 is 5.91 Å². The molecule has 1 unspecified atom stereocenters. The zero-order chi connectivity index (χ0) is 21.7. The van der Waals surface area contributed by atoms with Crippen LogP contribution in [0.3, 0.4) is 0 Å². The summed E-state index contributed by atoms with van der Waals surface area (Å²) in [6.07, 6.45) is 6.35. The molecule has 1 fully saturated rings. The zero-order valence-electron chi connectivity index (χ0n) is 18.5. The van der Waals surface area contributed by atoms with E-state index in [9.17, 15) is 4.79 Å². The minimum absolute atomic E-state index is 0.231. The number of piperidine rings is 1. The summed E-state index contributed by atoms with van der Waals surface area (Å²) in [5.74, 6) is 0.231. The number of rotatable bonds is 6. The molecule has 1 amide bonds. The standard InChI is InChI=1S/C27H31N3O/c1-29(2)26(31)27(15-8-18-30(21-27)20-22-9-4-3-5-10-22)19-24-11-6-7-12-25(24)23-13-16-28-17-14-23/h3-7,9-14,16-17H,8,15,18-21H2,1-2H3. The summed E-state index contributed by atoms with van der Waals surface area (Å²) in [4.78, 5) is 22.0. The number of amides is 1. The minimum atomic E-state index is -0.417. The average molecular weight is 414 g/mol. The van der Waals surface area contributed by atoms with Crippen LogP contribution in [0.5, 0.6) is 0 Å². The molecule has 160 valence electrons. The Bertz CT molecular complexity index is 1000. The normalized spacial score (nSPS) is 19.2. The first kappa shape index (κ1) is 21.3. The highest BCUT2D eigenvalue weighted by atomic mass is 16.2. The molecule has 4 rings (SSSR count). The van der Waals surface area contributed by atoms with Gasteiger partial charge in [0.05, 0.1) is 5.41 Å². The second-order valence-corrected chi connectivity index (χ2v) is 8.85. The molecule has 0 spiro atoms. The van der Waals surface area contributed by atoms with E-state index in [2.05, 4.69) is 64.5 Å². The molecule has 1 atom stereocenters. The fourth-order valence-electron chi connectivity index (χ4n) is 4.92. The molecule has 0 N–H and O–H groups in total. The van der Waals surface area contributed by atoms with E-state index in [0.29, 0.717) is 0 Å². The Morgan fingerprint density at radius 2 is 1.71 bits per heavy atom. The highest BCUT2D eigenvalue weighted by molar-refractivity contribution is 5.83. The second kappa shape index (κ2) is 9.44. The number of hydrogen-bond donors (Lipinski definition) is 0. The molecule has 3 aromatic rings. The maximum Gasteiger partial charge on any atom is 0.229 e. The molecule has 0 radical (unpaired) electrons. The number of hydrogen-bond acceptors (Lipinski definition) is 3. The van der Waals surface area contributed by atoms with Crippen molar-refractivity contribution in [3.8, 4) is 11.1 Å². The first-order valence-electron chi connectivity index (χ1n) is 11.0. The van der Waals surface area contributed by atoms with Gasteiger partial charge in [0, 0.05) is 39.6 Å². The first-order valence-corrected chi connectivity index (χ1v) is 11.0. The van der Waals surface area contributed by atoms with Gasteiger partial charge in [-0.1, -0.05) is 54.6 Å². The number of carbonyl (C=O) groups is 1. The molecule has 4 nitrogen and oxygen atoms in total. The summed E-state index contributed by atoms with van der Waals surface area (Å²) < 4.78 is 0. The van der Waals surface area contributed by atoms with Crippen LogP contribution in [0.25, 0.3) is 11.1 Å². The van der Waals surface area contributed by atoms with E-state index in [1.807, 2.05) is 38.6 Å². The number of carbonyl (C=O) groups excluding carboxylic acids is 1. The fraction of sp³-hybridized carbons (Fsp3) is 0.333.